The first-order valence-corrected chi connectivity index (χ1v) is 11.9. The van der Waals surface area contributed by atoms with Crippen LogP contribution in [0.5, 0.6) is 11.5 Å². The summed E-state index contributed by atoms with van der Waals surface area (Å²) in [7, 11) is 3.29. The van der Waals surface area contributed by atoms with Crippen LogP contribution in [0.1, 0.15) is 27.9 Å². The van der Waals surface area contributed by atoms with Gasteiger partial charge in [-0.25, -0.2) is 0 Å². The van der Waals surface area contributed by atoms with Crippen LogP contribution in [0.15, 0.2) is 96.2 Å². The van der Waals surface area contributed by atoms with Crippen LogP contribution in [0.3, 0.4) is 0 Å². The lowest BCUT2D eigenvalue weighted by Gasteiger charge is -2.26. The predicted molar refractivity (Wildman–Crippen MR) is 141 cm³/mol. The molecule has 1 heterocycles. The van der Waals surface area contributed by atoms with Crippen molar-refractivity contribution in [3.8, 4) is 11.5 Å². The third-order valence-electron chi connectivity index (χ3n) is 6.40. The minimum absolute atomic E-state index is 0.0453. The highest BCUT2D eigenvalue weighted by molar-refractivity contribution is 6.07. The molecule has 0 saturated carbocycles. The maximum Gasteiger partial charge on any atom is 0.254 e. The average Bonchev–Trinajstić information content (AvgIpc) is 3.40. The minimum atomic E-state index is -0.244. The highest BCUT2D eigenvalue weighted by Crippen LogP contribution is 2.25. The van der Waals surface area contributed by atoms with E-state index in [0.717, 1.165) is 39.1 Å². The van der Waals surface area contributed by atoms with Crippen molar-refractivity contribution in [1.29, 1.82) is 0 Å². The zero-order valence-corrected chi connectivity index (χ0v) is 20.4. The summed E-state index contributed by atoms with van der Waals surface area (Å²) >= 11 is 0. The van der Waals surface area contributed by atoms with Gasteiger partial charge in [-0.3, -0.25) is 4.79 Å². The largest absolute Gasteiger partial charge is 0.497 e. The van der Waals surface area contributed by atoms with Gasteiger partial charge in [0.2, 0.25) is 0 Å². The highest BCUT2D eigenvalue weighted by Gasteiger charge is 2.28. The Morgan fingerprint density at radius 3 is 2.47 bits per heavy atom. The third-order valence-corrected chi connectivity index (χ3v) is 6.40. The molecule has 1 atom stereocenters. The Hall–Kier alpha value is -4.32. The lowest BCUT2D eigenvalue weighted by molar-refractivity contribution is 0.0406. The second kappa shape index (κ2) is 10.5. The van der Waals surface area contributed by atoms with Crippen LogP contribution < -0.4 is 9.47 Å². The van der Waals surface area contributed by atoms with Crippen LogP contribution in [-0.2, 0) is 11.4 Å². The SMILES string of the molecule is COc1ccc(C2=NO[C@@H](CN(Cc3cccc(OC)c3)C(=O)c3cccc4ccccc34)C2)cc1. The van der Waals surface area contributed by atoms with Crippen LogP contribution in [0.4, 0.5) is 0 Å². The number of amides is 1. The van der Waals surface area contributed by atoms with Crippen LogP contribution in [-0.4, -0.2) is 43.4 Å². The van der Waals surface area contributed by atoms with Gasteiger partial charge in [0.1, 0.15) is 11.5 Å². The van der Waals surface area contributed by atoms with E-state index in [4.69, 9.17) is 14.3 Å². The molecule has 0 spiro atoms. The number of fused-ring (bicyclic) bond motifs is 1. The molecule has 5 rings (SSSR count). The molecule has 4 aromatic rings. The molecule has 6 nitrogen and oxygen atoms in total. The summed E-state index contributed by atoms with van der Waals surface area (Å²) in [6.07, 6.45) is 0.371. The molecule has 1 amide bonds. The van der Waals surface area contributed by atoms with E-state index in [1.807, 2.05) is 95.9 Å². The van der Waals surface area contributed by atoms with Crippen molar-refractivity contribution in [2.45, 2.75) is 19.1 Å². The topological polar surface area (TPSA) is 60.4 Å². The van der Waals surface area contributed by atoms with Crippen molar-refractivity contribution >= 4 is 22.4 Å². The van der Waals surface area contributed by atoms with Gasteiger partial charge < -0.3 is 19.2 Å². The molecule has 0 aliphatic carbocycles. The highest BCUT2D eigenvalue weighted by atomic mass is 16.6. The van der Waals surface area contributed by atoms with E-state index in [2.05, 4.69) is 5.16 Å². The Labute approximate surface area is 210 Å². The Kier molecular flexibility index (Phi) is 6.85. The molecule has 0 radical (unpaired) electrons. The lowest BCUT2D eigenvalue weighted by Crippen LogP contribution is -2.37. The molecule has 0 unspecified atom stereocenters. The summed E-state index contributed by atoms with van der Waals surface area (Å²) in [6.45, 7) is 0.833. The van der Waals surface area contributed by atoms with E-state index < -0.39 is 0 Å². The van der Waals surface area contributed by atoms with Gasteiger partial charge in [0.25, 0.3) is 5.91 Å². The number of ether oxygens (including phenoxy) is 2. The Morgan fingerprint density at radius 1 is 0.917 bits per heavy atom. The van der Waals surface area contributed by atoms with Gasteiger partial charge in [-0.1, -0.05) is 53.7 Å². The van der Waals surface area contributed by atoms with Gasteiger partial charge in [0, 0.05) is 18.5 Å². The van der Waals surface area contributed by atoms with Crippen molar-refractivity contribution in [1.82, 2.24) is 4.90 Å². The molecular formula is C30H28N2O4. The normalized spacial score (nSPS) is 14.7. The molecular weight excluding hydrogens is 452 g/mol. The van der Waals surface area contributed by atoms with Gasteiger partial charge in [0.15, 0.2) is 6.10 Å². The first kappa shape index (κ1) is 23.4. The number of carbonyl (C=O) groups is 1. The number of rotatable bonds is 8. The standard InChI is InChI=1S/C30H28N2O4/c1-34-24-15-13-23(14-16-24)29-18-26(36-31-29)20-32(19-21-7-5-10-25(17-21)35-2)30(33)28-12-6-9-22-8-3-4-11-27(22)28/h3-17,26H,18-20H2,1-2H3/t26-/m1/s1. The summed E-state index contributed by atoms with van der Waals surface area (Å²) in [5.74, 6) is 1.50. The lowest BCUT2D eigenvalue weighted by atomic mass is 10.0. The number of nitrogens with zero attached hydrogens (tertiary/aromatic N) is 2. The quantitative estimate of drug-likeness (QED) is 0.325. The third kappa shape index (κ3) is 5.03. The summed E-state index contributed by atoms with van der Waals surface area (Å²) in [6, 6.07) is 29.3. The smallest absolute Gasteiger partial charge is 0.254 e. The van der Waals surface area contributed by atoms with Crippen molar-refractivity contribution in [2.24, 2.45) is 5.16 Å². The molecule has 1 aliphatic heterocycles. The van der Waals surface area contributed by atoms with E-state index in [-0.39, 0.29) is 12.0 Å². The molecule has 182 valence electrons. The average molecular weight is 481 g/mol. The van der Waals surface area contributed by atoms with Crippen LogP contribution in [0.25, 0.3) is 10.8 Å². The summed E-state index contributed by atoms with van der Waals surface area (Å²) in [5.41, 5.74) is 3.50. The van der Waals surface area contributed by atoms with Crippen molar-refractivity contribution in [3.05, 3.63) is 108 Å². The van der Waals surface area contributed by atoms with Gasteiger partial charge in [-0.15, -0.1) is 0 Å². The molecule has 6 heteroatoms. The molecule has 0 saturated heterocycles. The van der Waals surface area contributed by atoms with Crippen LogP contribution in [0.2, 0.25) is 0 Å². The predicted octanol–water partition coefficient (Wildman–Crippen LogP) is 5.69. The number of methoxy groups -OCH3 is 2. The molecule has 0 aromatic heterocycles. The van der Waals surface area contributed by atoms with Crippen LogP contribution >= 0.6 is 0 Å². The molecule has 1 aliphatic rings. The maximum absolute atomic E-state index is 13.9. The molecule has 0 bridgehead atoms. The number of benzene rings is 4. The van der Waals surface area contributed by atoms with Crippen molar-refractivity contribution < 1.29 is 19.1 Å². The van der Waals surface area contributed by atoms with Gasteiger partial charge >= 0.3 is 0 Å². The summed E-state index contributed by atoms with van der Waals surface area (Å²) in [4.78, 5) is 21.6. The maximum atomic E-state index is 13.9. The first-order valence-electron chi connectivity index (χ1n) is 11.9. The van der Waals surface area contributed by atoms with E-state index in [1.165, 1.54) is 0 Å². The zero-order valence-electron chi connectivity index (χ0n) is 20.4. The van der Waals surface area contributed by atoms with Crippen LogP contribution in [0, 0.1) is 0 Å². The van der Waals surface area contributed by atoms with E-state index in [9.17, 15) is 4.79 Å². The number of hydrogen-bond donors (Lipinski definition) is 0. The fourth-order valence-corrected chi connectivity index (χ4v) is 4.52. The van der Waals surface area contributed by atoms with E-state index in [0.29, 0.717) is 25.1 Å². The van der Waals surface area contributed by atoms with E-state index in [1.54, 1.807) is 14.2 Å². The number of carbonyl (C=O) groups excluding carboxylic acids is 1. The number of hydrogen-bond acceptors (Lipinski definition) is 5. The fraction of sp³-hybridized carbons (Fsp3) is 0.200. The molecule has 0 N–H and O–H groups in total. The Bertz CT molecular complexity index is 1390. The van der Waals surface area contributed by atoms with Crippen molar-refractivity contribution in [2.75, 3.05) is 20.8 Å². The summed E-state index contributed by atoms with van der Waals surface area (Å²) in [5, 5.41) is 6.30. The zero-order chi connectivity index (χ0) is 24.9. The first-order chi connectivity index (χ1) is 17.6. The second-order valence-electron chi connectivity index (χ2n) is 8.76. The van der Waals surface area contributed by atoms with E-state index >= 15 is 0 Å². The Morgan fingerprint density at radius 2 is 1.67 bits per heavy atom. The number of oxime groups is 1. The minimum Gasteiger partial charge on any atom is -0.497 e. The monoisotopic (exact) mass is 480 g/mol. The van der Waals surface area contributed by atoms with Gasteiger partial charge in [-0.2, -0.15) is 0 Å². The summed E-state index contributed by atoms with van der Waals surface area (Å²) < 4.78 is 10.7. The second-order valence-corrected chi connectivity index (χ2v) is 8.76. The molecule has 4 aromatic carbocycles. The van der Waals surface area contributed by atoms with Gasteiger partial charge in [0.05, 0.1) is 26.5 Å². The Balaban J connectivity index is 1.39. The molecule has 36 heavy (non-hydrogen) atoms. The fourth-order valence-electron chi connectivity index (χ4n) is 4.52. The van der Waals surface area contributed by atoms with Crippen molar-refractivity contribution in [3.63, 3.8) is 0 Å². The van der Waals surface area contributed by atoms with Gasteiger partial charge in [-0.05, 0) is 64.4 Å². The molecule has 0 fully saturated rings.